The first-order chi connectivity index (χ1) is 9.10. The fraction of sp³-hybridized carbons (Fsp3) is 0.647. The van der Waals surface area contributed by atoms with E-state index in [1.165, 1.54) is 36.1 Å². The van der Waals surface area contributed by atoms with Crippen LogP contribution in [0.3, 0.4) is 0 Å². The average molecular weight is 260 g/mol. The highest BCUT2D eigenvalue weighted by Crippen LogP contribution is 2.22. The summed E-state index contributed by atoms with van der Waals surface area (Å²) in [7, 11) is 2.20. The van der Waals surface area contributed by atoms with Crippen molar-refractivity contribution in [1.82, 2.24) is 5.32 Å². The quantitative estimate of drug-likeness (QED) is 0.803. The van der Waals surface area contributed by atoms with E-state index >= 15 is 0 Å². The number of benzene rings is 1. The predicted octanol–water partition coefficient (Wildman–Crippen LogP) is 3.73. The minimum absolute atomic E-state index is 0.751. The molecule has 0 heterocycles. The number of rotatable bonds is 7. The van der Waals surface area contributed by atoms with Crippen LogP contribution in [-0.2, 0) is 6.54 Å². The molecule has 0 aliphatic heterocycles. The highest BCUT2D eigenvalue weighted by molar-refractivity contribution is 5.50. The second-order valence-electron chi connectivity index (χ2n) is 6.16. The minimum atomic E-state index is 0.751. The molecule has 2 heteroatoms. The summed E-state index contributed by atoms with van der Waals surface area (Å²) in [6, 6.07) is 7.66. The largest absolute Gasteiger partial charge is 0.374 e. The van der Waals surface area contributed by atoms with Gasteiger partial charge in [0.2, 0.25) is 0 Å². The van der Waals surface area contributed by atoms with Gasteiger partial charge in [0.15, 0.2) is 0 Å². The first kappa shape index (κ1) is 14.4. The Balaban J connectivity index is 1.96. The first-order valence-electron chi connectivity index (χ1n) is 7.64. The molecule has 1 fully saturated rings. The zero-order valence-electron chi connectivity index (χ0n) is 12.9. The van der Waals surface area contributed by atoms with Gasteiger partial charge in [0.1, 0.15) is 0 Å². The van der Waals surface area contributed by atoms with Crippen molar-refractivity contribution in [3.63, 3.8) is 0 Å². The van der Waals surface area contributed by atoms with E-state index in [9.17, 15) is 0 Å². The molecule has 0 saturated heterocycles. The molecule has 0 aromatic heterocycles. The summed E-state index contributed by atoms with van der Waals surface area (Å²) in [6.07, 6.45) is 3.95. The molecule has 0 bridgehead atoms. The molecular formula is C17H28N2. The molecule has 1 N–H and O–H groups in total. The second kappa shape index (κ2) is 6.42. The van der Waals surface area contributed by atoms with Crippen LogP contribution >= 0.6 is 0 Å². The number of hydrogen-bond acceptors (Lipinski definition) is 2. The first-order valence-corrected chi connectivity index (χ1v) is 7.64. The van der Waals surface area contributed by atoms with Gasteiger partial charge in [-0.1, -0.05) is 26.3 Å². The van der Waals surface area contributed by atoms with E-state index in [0.29, 0.717) is 0 Å². The van der Waals surface area contributed by atoms with E-state index in [0.717, 1.165) is 25.0 Å². The molecule has 0 spiro atoms. The van der Waals surface area contributed by atoms with Crippen LogP contribution in [0.1, 0.15) is 44.2 Å². The van der Waals surface area contributed by atoms with Gasteiger partial charge >= 0.3 is 0 Å². The van der Waals surface area contributed by atoms with Crippen LogP contribution in [-0.4, -0.2) is 19.6 Å². The van der Waals surface area contributed by atoms with E-state index in [4.69, 9.17) is 0 Å². The predicted molar refractivity (Wildman–Crippen MR) is 83.8 cm³/mol. The Morgan fingerprint density at radius 1 is 1.37 bits per heavy atom. The van der Waals surface area contributed by atoms with Gasteiger partial charge in [0.05, 0.1) is 0 Å². The maximum Gasteiger partial charge on any atom is 0.0366 e. The van der Waals surface area contributed by atoms with Gasteiger partial charge in [0, 0.05) is 31.9 Å². The Labute approximate surface area is 118 Å². The molecule has 1 aromatic rings. The number of anilines is 1. The molecule has 2 rings (SSSR count). The zero-order valence-corrected chi connectivity index (χ0v) is 12.9. The highest BCUT2D eigenvalue weighted by Gasteiger charge is 2.20. The molecule has 1 saturated carbocycles. The molecular weight excluding hydrogens is 232 g/mol. The zero-order chi connectivity index (χ0) is 13.8. The van der Waals surface area contributed by atoms with Crippen LogP contribution in [0.25, 0.3) is 0 Å². The van der Waals surface area contributed by atoms with Crippen LogP contribution in [0.5, 0.6) is 0 Å². The standard InChI is InChI=1S/C17H28N2/c1-5-13(2)12-19(4)17-9-6-15(14(3)10-17)11-18-16-7-8-16/h6,9-10,13,16,18H,5,7-8,11-12H2,1-4H3. The number of nitrogens with one attached hydrogen (secondary N) is 1. The number of aryl methyl sites for hydroxylation is 1. The van der Waals surface area contributed by atoms with Gasteiger partial charge < -0.3 is 10.2 Å². The van der Waals surface area contributed by atoms with Crippen molar-refractivity contribution < 1.29 is 0 Å². The maximum atomic E-state index is 3.59. The molecule has 1 aliphatic carbocycles. The van der Waals surface area contributed by atoms with Gasteiger partial charge in [-0.2, -0.15) is 0 Å². The SMILES string of the molecule is CCC(C)CN(C)c1ccc(CNC2CC2)c(C)c1. The second-order valence-corrected chi connectivity index (χ2v) is 6.16. The maximum absolute atomic E-state index is 3.59. The lowest BCUT2D eigenvalue weighted by molar-refractivity contribution is 0.560. The summed E-state index contributed by atoms with van der Waals surface area (Å²) >= 11 is 0. The Hall–Kier alpha value is -1.02. The van der Waals surface area contributed by atoms with E-state index in [1.54, 1.807) is 0 Å². The van der Waals surface area contributed by atoms with E-state index < -0.39 is 0 Å². The average Bonchev–Trinajstić information content (AvgIpc) is 3.21. The minimum Gasteiger partial charge on any atom is -0.374 e. The lowest BCUT2D eigenvalue weighted by Crippen LogP contribution is -2.24. The molecule has 1 aliphatic rings. The van der Waals surface area contributed by atoms with Gasteiger partial charge in [-0.25, -0.2) is 0 Å². The molecule has 106 valence electrons. The molecule has 1 unspecified atom stereocenters. The van der Waals surface area contributed by atoms with Crippen molar-refractivity contribution in [1.29, 1.82) is 0 Å². The third kappa shape index (κ3) is 4.24. The molecule has 0 radical (unpaired) electrons. The third-order valence-corrected chi connectivity index (χ3v) is 4.21. The van der Waals surface area contributed by atoms with Gasteiger partial charge in [-0.3, -0.25) is 0 Å². The summed E-state index contributed by atoms with van der Waals surface area (Å²) in [5.74, 6) is 0.751. The lowest BCUT2D eigenvalue weighted by Gasteiger charge is -2.23. The lowest BCUT2D eigenvalue weighted by atomic mass is 10.1. The fourth-order valence-corrected chi connectivity index (χ4v) is 2.36. The van der Waals surface area contributed by atoms with Crippen molar-refractivity contribution in [2.45, 2.75) is 52.6 Å². The Kier molecular flexibility index (Phi) is 4.87. The third-order valence-electron chi connectivity index (χ3n) is 4.21. The van der Waals surface area contributed by atoms with Crippen molar-refractivity contribution in [3.05, 3.63) is 29.3 Å². The smallest absolute Gasteiger partial charge is 0.0366 e. The van der Waals surface area contributed by atoms with E-state index in [-0.39, 0.29) is 0 Å². The van der Waals surface area contributed by atoms with Gasteiger partial charge in [0.25, 0.3) is 0 Å². The Morgan fingerprint density at radius 2 is 2.11 bits per heavy atom. The summed E-state index contributed by atoms with van der Waals surface area (Å²) < 4.78 is 0. The van der Waals surface area contributed by atoms with E-state index in [2.05, 4.69) is 56.2 Å². The Bertz CT molecular complexity index is 410. The van der Waals surface area contributed by atoms with Gasteiger partial charge in [-0.05, 0) is 48.9 Å². The summed E-state index contributed by atoms with van der Waals surface area (Å²) in [5, 5.41) is 3.59. The van der Waals surface area contributed by atoms with Gasteiger partial charge in [-0.15, -0.1) is 0 Å². The van der Waals surface area contributed by atoms with Crippen molar-refractivity contribution in [3.8, 4) is 0 Å². The summed E-state index contributed by atoms with van der Waals surface area (Å²) in [5.41, 5.74) is 4.18. The number of nitrogens with zero attached hydrogens (tertiary/aromatic N) is 1. The van der Waals surface area contributed by atoms with E-state index in [1.807, 2.05) is 0 Å². The van der Waals surface area contributed by atoms with Crippen LogP contribution in [0, 0.1) is 12.8 Å². The fourth-order valence-electron chi connectivity index (χ4n) is 2.36. The molecule has 1 aromatic carbocycles. The number of hydrogen-bond donors (Lipinski definition) is 1. The molecule has 0 amide bonds. The monoisotopic (exact) mass is 260 g/mol. The summed E-state index contributed by atoms with van der Waals surface area (Å²) in [6.45, 7) is 8.96. The van der Waals surface area contributed by atoms with Crippen molar-refractivity contribution >= 4 is 5.69 Å². The Morgan fingerprint density at radius 3 is 2.68 bits per heavy atom. The van der Waals surface area contributed by atoms with Crippen LogP contribution in [0.4, 0.5) is 5.69 Å². The highest BCUT2D eigenvalue weighted by atomic mass is 15.1. The van der Waals surface area contributed by atoms with Crippen LogP contribution < -0.4 is 10.2 Å². The van der Waals surface area contributed by atoms with Crippen LogP contribution in [0.15, 0.2) is 18.2 Å². The normalized spacial score (nSPS) is 16.4. The molecule has 1 atom stereocenters. The molecule has 2 nitrogen and oxygen atoms in total. The van der Waals surface area contributed by atoms with Crippen LogP contribution in [0.2, 0.25) is 0 Å². The van der Waals surface area contributed by atoms with Crippen molar-refractivity contribution in [2.75, 3.05) is 18.5 Å². The molecule has 19 heavy (non-hydrogen) atoms. The summed E-state index contributed by atoms with van der Waals surface area (Å²) in [4.78, 5) is 2.37. The topological polar surface area (TPSA) is 15.3 Å². The van der Waals surface area contributed by atoms with Crippen molar-refractivity contribution in [2.24, 2.45) is 5.92 Å².